The van der Waals surface area contributed by atoms with E-state index in [1.165, 1.54) is 4.90 Å². The van der Waals surface area contributed by atoms with Crippen molar-refractivity contribution in [1.82, 2.24) is 4.90 Å². The number of carbonyl (C=O) groups is 2. The van der Waals surface area contributed by atoms with Crippen LogP contribution < -0.4 is 0 Å². The highest BCUT2D eigenvalue weighted by atomic mass is 16.6. The van der Waals surface area contributed by atoms with Crippen molar-refractivity contribution < 1.29 is 18.7 Å². The van der Waals surface area contributed by atoms with Gasteiger partial charge >= 0.3 is 6.09 Å². The Labute approximate surface area is 136 Å². The van der Waals surface area contributed by atoms with Gasteiger partial charge in [-0.2, -0.15) is 0 Å². The second kappa shape index (κ2) is 6.44. The van der Waals surface area contributed by atoms with Crippen LogP contribution in [0.5, 0.6) is 0 Å². The summed E-state index contributed by atoms with van der Waals surface area (Å²) >= 11 is 0. The number of hydrogen-bond acceptors (Lipinski definition) is 4. The minimum absolute atomic E-state index is 0.126. The molecule has 2 aromatic rings. The lowest BCUT2D eigenvalue weighted by Crippen LogP contribution is -2.44. The number of carbonyl (C=O) groups excluding carboxylic acids is 2. The smallest absolute Gasteiger partial charge is 0.410 e. The molecule has 1 heterocycles. The van der Waals surface area contributed by atoms with E-state index in [0.29, 0.717) is 17.6 Å². The van der Waals surface area contributed by atoms with Crippen LogP contribution in [0.4, 0.5) is 4.79 Å². The summed E-state index contributed by atoms with van der Waals surface area (Å²) in [5.41, 5.74) is 0.583. The zero-order valence-corrected chi connectivity index (χ0v) is 14.3. The molecule has 0 aliphatic carbocycles. The number of likely N-dealkylation sites (N-methyl/N-ethyl adjacent to an activating group) is 1. The number of ether oxygens (including phenoxy) is 1. The fourth-order valence-electron chi connectivity index (χ4n) is 2.40. The molecule has 0 aliphatic rings. The number of furan rings is 1. The summed E-state index contributed by atoms with van der Waals surface area (Å²) in [4.78, 5) is 26.3. The Kier molecular flexibility index (Phi) is 4.78. The van der Waals surface area contributed by atoms with E-state index < -0.39 is 17.7 Å². The maximum Gasteiger partial charge on any atom is 0.410 e. The zero-order valence-electron chi connectivity index (χ0n) is 14.3. The maximum absolute atomic E-state index is 12.8. The molecule has 0 N–H and O–H groups in total. The molecular formula is C18H23NO4. The monoisotopic (exact) mass is 317 g/mol. The molecular weight excluding hydrogens is 294 g/mol. The van der Waals surface area contributed by atoms with Crippen LogP contribution in [0.1, 0.15) is 44.5 Å². The zero-order chi connectivity index (χ0) is 17.2. The summed E-state index contributed by atoms with van der Waals surface area (Å²) in [5.74, 6) is -0.126. The second-order valence-electron chi connectivity index (χ2n) is 6.55. The number of amides is 1. The molecule has 124 valence electrons. The molecule has 2 rings (SSSR count). The molecule has 0 radical (unpaired) electrons. The van der Waals surface area contributed by atoms with Gasteiger partial charge in [0.2, 0.25) is 0 Å². The third-order valence-corrected chi connectivity index (χ3v) is 3.58. The number of benzene rings is 1. The molecule has 5 nitrogen and oxygen atoms in total. The van der Waals surface area contributed by atoms with Gasteiger partial charge in [0.1, 0.15) is 11.2 Å². The van der Waals surface area contributed by atoms with E-state index in [1.807, 2.05) is 19.1 Å². The normalized spacial score (nSPS) is 12.9. The van der Waals surface area contributed by atoms with Crippen molar-refractivity contribution in [3.05, 3.63) is 36.1 Å². The fourth-order valence-corrected chi connectivity index (χ4v) is 2.40. The summed E-state index contributed by atoms with van der Waals surface area (Å²) in [6.45, 7) is 7.26. The van der Waals surface area contributed by atoms with Gasteiger partial charge < -0.3 is 14.1 Å². The van der Waals surface area contributed by atoms with E-state index in [4.69, 9.17) is 9.15 Å². The summed E-state index contributed by atoms with van der Waals surface area (Å²) in [5, 5.41) is 0.940. The van der Waals surface area contributed by atoms with Crippen molar-refractivity contribution in [2.75, 3.05) is 7.05 Å². The highest BCUT2D eigenvalue weighted by molar-refractivity contribution is 6.03. The van der Waals surface area contributed by atoms with Crippen LogP contribution in [-0.2, 0) is 4.74 Å². The number of Topliss-reactive ketones (excluding diaryl/α,β-unsaturated/α-hetero) is 1. The van der Waals surface area contributed by atoms with E-state index >= 15 is 0 Å². The van der Waals surface area contributed by atoms with Crippen molar-refractivity contribution >= 4 is 22.8 Å². The Morgan fingerprint density at radius 3 is 2.57 bits per heavy atom. The van der Waals surface area contributed by atoms with E-state index in [9.17, 15) is 9.59 Å². The molecule has 0 aliphatic heterocycles. The molecule has 0 unspecified atom stereocenters. The average Bonchev–Trinajstić information content (AvgIpc) is 2.93. The number of nitrogens with zero attached hydrogens (tertiary/aromatic N) is 1. The Morgan fingerprint density at radius 1 is 1.26 bits per heavy atom. The minimum atomic E-state index is -0.597. The molecule has 5 heteroatoms. The molecule has 1 aromatic carbocycles. The average molecular weight is 317 g/mol. The molecule has 1 aromatic heterocycles. The summed E-state index contributed by atoms with van der Waals surface area (Å²) in [6, 6.07) is 6.58. The van der Waals surface area contributed by atoms with Crippen molar-refractivity contribution in [2.24, 2.45) is 0 Å². The Hall–Kier alpha value is -2.30. The van der Waals surface area contributed by atoms with Crippen LogP contribution in [0.3, 0.4) is 0 Å². The Balaban J connectivity index is 2.21. The van der Waals surface area contributed by atoms with E-state index in [0.717, 1.165) is 5.39 Å². The minimum Gasteiger partial charge on any atom is -0.464 e. The van der Waals surface area contributed by atoms with E-state index in [2.05, 4.69) is 0 Å². The van der Waals surface area contributed by atoms with Crippen LogP contribution in [-0.4, -0.2) is 35.5 Å². The Morgan fingerprint density at radius 2 is 1.96 bits per heavy atom. The number of rotatable bonds is 4. The first-order chi connectivity index (χ1) is 10.7. The van der Waals surface area contributed by atoms with Gasteiger partial charge in [-0.1, -0.05) is 19.1 Å². The predicted molar refractivity (Wildman–Crippen MR) is 88.6 cm³/mol. The third kappa shape index (κ3) is 3.92. The lowest BCUT2D eigenvalue weighted by atomic mass is 10.0. The van der Waals surface area contributed by atoms with Crippen LogP contribution in [0.25, 0.3) is 11.0 Å². The molecule has 23 heavy (non-hydrogen) atoms. The van der Waals surface area contributed by atoms with Gasteiger partial charge in [-0.15, -0.1) is 0 Å². The van der Waals surface area contributed by atoms with Crippen LogP contribution in [0.15, 0.2) is 34.9 Å². The van der Waals surface area contributed by atoms with Crippen LogP contribution >= 0.6 is 0 Å². The topological polar surface area (TPSA) is 59.8 Å². The van der Waals surface area contributed by atoms with Gasteiger partial charge in [0.25, 0.3) is 0 Å². The first-order valence-electron chi connectivity index (χ1n) is 7.70. The van der Waals surface area contributed by atoms with Gasteiger partial charge in [-0.3, -0.25) is 4.79 Å². The first-order valence-corrected chi connectivity index (χ1v) is 7.70. The predicted octanol–water partition coefficient (Wildman–Crippen LogP) is 4.26. The number of hydrogen-bond donors (Lipinski definition) is 0. The van der Waals surface area contributed by atoms with Crippen molar-refractivity contribution in [3.8, 4) is 0 Å². The molecule has 0 spiro atoms. The van der Waals surface area contributed by atoms with E-state index in [1.54, 1.807) is 46.2 Å². The van der Waals surface area contributed by atoms with Crippen molar-refractivity contribution in [1.29, 1.82) is 0 Å². The second-order valence-corrected chi connectivity index (χ2v) is 6.55. The molecule has 0 bridgehead atoms. The Bertz CT molecular complexity index is 711. The highest BCUT2D eigenvalue weighted by Crippen LogP contribution is 2.20. The third-order valence-electron chi connectivity index (χ3n) is 3.58. The molecule has 1 amide bonds. The summed E-state index contributed by atoms with van der Waals surface area (Å²) < 4.78 is 10.7. The highest BCUT2D eigenvalue weighted by Gasteiger charge is 2.29. The van der Waals surface area contributed by atoms with Crippen molar-refractivity contribution in [3.63, 3.8) is 0 Å². The molecule has 0 saturated heterocycles. The fraction of sp³-hybridized carbons (Fsp3) is 0.444. The summed E-state index contributed by atoms with van der Waals surface area (Å²) in [6.07, 6.45) is 1.59. The van der Waals surface area contributed by atoms with Gasteiger partial charge in [-0.25, -0.2) is 4.79 Å². The molecule has 0 saturated carbocycles. The summed E-state index contributed by atoms with van der Waals surface area (Å²) in [7, 11) is 1.59. The lowest BCUT2D eigenvalue weighted by Gasteiger charge is -2.29. The SMILES string of the molecule is CC[C@@H](C(=O)c1ccc2ccoc2c1)N(C)C(=O)OC(C)(C)C. The van der Waals surface area contributed by atoms with E-state index in [-0.39, 0.29) is 5.78 Å². The quantitative estimate of drug-likeness (QED) is 0.790. The van der Waals surface area contributed by atoms with Gasteiger partial charge in [-0.05, 0) is 39.3 Å². The van der Waals surface area contributed by atoms with Gasteiger partial charge in [0, 0.05) is 18.0 Å². The lowest BCUT2D eigenvalue weighted by molar-refractivity contribution is 0.0214. The number of ketones is 1. The van der Waals surface area contributed by atoms with Crippen LogP contribution in [0.2, 0.25) is 0 Å². The largest absolute Gasteiger partial charge is 0.464 e. The van der Waals surface area contributed by atoms with Crippen LogP contribution in [0, 0.1) is 0 Å². The number of fused-ring (bicyclic) bond motifs is 1. The van der Waals surface area contributed by atoms with Gasteiger partial charge in [0.15, 0.2) is 5.78 Å². The maximum atomic E-state index is 12.8. The standard InChI is InChI=1S/C18H23NO4/c1-6-14(19(5)17(21)23-18(2,3)4)16(20)13-8-7-12-9-10-22-15(12)11-13/h7-11,14H,6H2,1-5H3/t14-/m0/s1. The molecule has 0 fully saturated rings. The first kappa shape index (κ1) is 17.1. The van der Waals surface area contributed by atoms with Crippen molar-refractivity contribution in [2.45, 2.75) is 45.8 Å². The molecule has 1 atom stereocenters. The van der Waals surface area contributed by atoms with Gasteiger partial charge in [0.05, 0.1) is 12.3 Å².